The van der Waals surface area contributed by atoms with Crippen molar-refractivity contribution in [1.29, 1.82) is 0 Å². The molecule has 1 aliphatic heterocycles. The van der Waals surface area contributed by atoms with E-state index in [1.54, 1.807) is 6.07 Å². The third-order valence-electron chi connectivity index (χ3n) is 6.62. The lowest BCUT2D eigenvalue weighted by molar-refractivity contribution is -0.147. The van der Waals surface area contributed by atoms with E-state index in [1.807, 2.05) is 48.9 Å². The molecule has 9 nitrogen and oxygen atoms in total. The molecule has 1 aromatic carbocycles. The van der Waals surface area contributed by atoms with E-state index in [0.29, 0.717) is 36.8 Å². The Morgan fingerprint density at radius 3 is 2.45 bits per heavy atom. The first kappa shape index (κ1) is 21.5. The number of tetrazole rings is 1. The minimum Gasteiger partial charge on any atom is -0.324 e. The Labute approximate surface area is 192 Å². The summed E-state index contributed by atoms with van der Waals surface area (Å²) in [5.41, 5.74) is 1.38. The van der Waals surface area contributed by atoms with Gasteiger partial charge in [0.15, 0.2) is 5.82 Å². The van der Waals surface area contributed by atoms with Crippen molar-refractivity contribution in [3.05, 3.63) is 36.4 Å². The van der Waals surface area contributed by atoms with Gasteiger partial charge in [0.25, 0.3) is 0 Å². The van der Waals surface area contributed by atoms with Crippen LogP contribution < -0.4 is 5.32 Å². The van der Waals surface area contributed by atoms with Gasteiger partial charge < -0.3 is 5.32 Å². The maximum atomic E-state index is 13.4. The van der Waals surface area contributed by atoms with Gasteiger partial charge in [-0.05, 0) is 60.6 Å². The van der Waals surface area contributed by atoms with Crippen LogP contribution in [0, 0.1) is 17.8 Å². The molecule has 2 aromatic rings. The van der Waals surface area contributed by atoms with Crippen molar-refractivity contribution in [2.24, 2.45) is 17.8 Å². The van der Waals surface area contributed by atoms with Crippen LogP contribution in [0.4, 0.5) is 5.69 Å². The largest absolute Gasteiger partial charge is 0.324 e. The van der Waals surface area contributed by atoms with E-state index in [2.05, 4.69) is 20.8 Å². The normalized spacial score (nSPS) is 23.2. The minimum absolute atomic E-state index is 0.136. The van der Waals surface area contributed by atoms with Crippen LogP contribution in [0.3, 0.4) is 0 Å². The van der Waals surface area contributed by atoms with Gasteiger partial charge in [-0.2, -0.15) is 0 Å². The Morgan fingerprint density at radius 1 is 1.12 bits per heavy atom. The fourth-order valence-corrected chi connectivity index (χ4v) is 4.82. The number of amides is 3. The maximum absolute atomic E-state index is 13.4. The van der Waals surface area contributed by atoms with E-state index in [-0.39, 0.29) is 35.5 Å². The number of nitrogens with one attached hydrogen (secondary N) is 1. The number of rotatable bonds is 7. The van der Waals surface area contributed by atoms with E-state index < -0.39 is 6.04 Å². The molecule has 9 heteroatoms. The van der Waals surface area contributed by atoms with E-state index in [1.165, 1.54) is 4.90 Å². The number of allylic oxidation sites excluding steroid dienone is 2. The number of likely N-dealkylation sites (tertiary alicyclic amines) is 1. The standard InChI is InChI=1S/C24H28N6O3/c1-14(2)12-20(29-23(32)18-8-3-4-9-19(18)24(29)33)22(31)25-16-7-5-6-15(13-16)21-26-27-28-30(21)17-10-11-17/h3-7,13-14,17-20H,8-12H2,1-2H3,(H,25,31). The molecule has 3 unspecified atom stereocenters. The van der Waals surface area contributed by atoms with Crippen LogP contribution in [0.1, 0.15) is 52.0 Å². The Morgan fingerprint density at radius 2 is 1.82 bits per heavy atom. The molecule has 0 spiro atoms. The number of anilines is 1. The fraction of sp³-hybridized carbons (Fsp3) is 0.500. The molecule has 1 saturated heterocycles. The number of nitrogens with zero attached hydrogens (tertiary/aromatic N) is 5. The molecule has 3 amide bonds. The van der Waals surface area contributed by atoms with E-state index >= 15 is 0 Å². The molecule has 1 aromatic heterocycles. The summed E-state index contributed by atoms with van der Waals surface area (Å²) in [6, 6.07) is 6.84. The third kappa shape index (κ3) is 4.07. The Balaban J connectivity index is 1.38. The summed E-state index contributed by atoms with van der Waals surface area (Å²) in [6.45, 7) is 3.97. The van der Waals surface area contributed by atoms with Gasteiger partial charge >= 0.3 is 0 Å². The smallest absolute Gasteiger partial charge is 0.247 e. The first-order valence-corrected chi connectivity index (χ1v) is 11.6. The number of imide groups is 1. The highest BCUT2D eigenvalue weighted by atomic mass is 16.2. The molecule has 5 rings (SSSR count). The van der Waals surface area contributed by atoms with Gasteiger partial charge in [-0.3, -0.25) is 19.3 Å². The molecule has 33 heavy (non-hydrogen) atoms. The molecular weight excluding hydrogens is 420 g/mol. The van der Waals surface area contributed by atoms with Crippen LogP contribution in [0.5, 0.6) is 0 Å². The zero-order chi connectivity index (χ0) is 23.1. The lowest BCUT2D eigenvalue weighted by Crippen LogP contribution is -2.48. The van der Waals surface area contributed by atoms with Gasteiger partial charge in [-0.15, -0.1) is 5.10 Å². The molecule has 172 valence electrons. The summed E-state index contributed by atoms with van der Waals surface area (Å²) in [5.74, 6) is -0.717. The SMILES string of the molecule is CC(C)CC(C(=O)Nc1cccc(-c2nnnn2C2CC2)c1)N1C(=O)C2CC=CCC2C1=O. The lowest BCUT2D eigenvalue weighted by atomic mass is 9.85. The maximum Gasteiger partial charge on any atom is 0.247 e. The second-order valence-electron chi connectivity index (χ2n) is 9.60. The zero-order valence-electron chi connectivity index (χ0n) is 18.8. The Bertz CT molecular complexity index is 1090. The molecule has 2 fully saturated rings. The van der Waals surface area contributed by atoms with E-state index in [4.69, 9.17) is 0 Å². The van der Waals surface area contributed by atoms with Gasteiger partial charge in [0, 0.05) is 11.3 Å². The summed E-state index contributed by atoms with van der Waals surface area (Å²) >= 11 is 0. The van der Waals surface area contributed by atoms with Crippen molar-refractivity contribution in [1.82, 2.24) is 25.1 Å². The Kier molecular flexibility index (Phi) is 5.55. The van der Waals surface area contributed by atoms with Crippen molar-refractivity contribution in [2.75, 3.05) is 5.32 Å². The highest BCUT2D eigenvalue weighted by molar-refractivity contribution is 6.10. The molecular formula is C24H28N6O3. The number of hydrogen-bond acceptors (Lipinski definition) is 6. The summed E-state index contributed by atoms with van der Waals surface area (Å²) in [6.07, 6.45) is 7.54. The number of carbonyl (C=O) groups excluding carboxylic acids is 3. The summed E-state index contributed by atoms with van der Waals surface area (Å²) in [7, 11) is 0. The van der Waals surface area contributed by atoms with Crippen LogP contribution in [0.2, 0.25) is 0 Å². The van der Waals surface area contributed by atoms with Gasteiger partial charge in [-0.25, -0.2) is 4.68 Å². The lowest BCUT2D eigenvalue weighted by Gasteiger charge is -2.27. The molecule has 3 atom stereocenters. The summed E-state index contributed by atoms with van der Waals surface area (Å²) in [4.78, 5) is 40.9. The predicted molar refractivity (Wildman–Crippen MR) is 121 cm³/mol. The minimum atomic E-state index is -0.837. The second-order valence-corrected chi connectivity index (χ2v) is 9.60. The third-order valence-corrected chi connectivity index (χ3v) is 6.62. The van der Waals surface area contributed by atoms with E-state index in [9.17, 15) is 14.4 Å². The fourth-order valence-electron chi connectivity index (χ4n) is 4.82. The average Bonchev–Trinajstić information content (AvgIpc) is 3.47. The van der Waals surface area contributed by atoms with Crippen molar-refractivity contribution in [2.45, 2.75) is 58.0 Å². The monoisotopic (exact) mass is 448 g/mol. The van der Waals surface area contributed by atoms with Crippen LogP contribution in [0.25, 0.3) is 11.4 Å². The van der Waals surface area contributed by atoms with Gasteiger partial charge in [0.05, 0.1) is 17.9 Å². The molecule has 2 heterocycles. The van der Waals surface area contributed by atoms with Crippen LogP contribution in [-0.4, -0.2) is 48.9 Å². The number of carbonyl (C=O) groups is 3. The van der Waals surface area contributed by atoms with Crippen LogP contribution in [-0.2, 0) is 14.4 Å². The Hall–Kier alpha value is -3.36. The number of benzene rings is 1. The van der Waals surface area contributed by atoms with Gasteiger partial charge in [0.2, 0.25) is 17.7 Å². The average molecular weight is 449 g/mol. The second kappa shape index (κ2) is 8.53. The molecule has 0 radical (unpaired) electrons. The predicted octanol–water partition coefficient (Wildman–Crippen LogP) is 2.98. The molecule has 0 bridgehead atoms. The van der Waals surface area contributed by atoms with Crippen molar-refractivity contribution >= 4 is 23.4 Å². The van der Waals surface area contributed by atoms with Crippen LogP contribution >= 0.6 is 0 Å². The highest BCUT2D eigenvalue weighted by Crippen LogP contribution is 2.38. The topological polar surface area (TPSA) is 110 Å². The number of aromatic nitrogens is 4. The first-order valence-electron chi connectivity index (χ1n) is 11.6. The van der Waals surface area contributed by atoms with Crippen LogP contribution in [0.15, 0.2) is 36.4 Å². The molecule has 2 aliphatic carbocycles. The quantitative estimate of drug-likeness (QED) is 0.515. The highest BCUT2D eigenvalue weighted by Gasteiger charge is 2.51. The number of fused-ring (bicyclic) bond motifs is 1. The zero-order valence-corrected chi connectivity index (χ0v) is 18.8. The molecule has 3 aliphatic rings. The molecule has 1 N–H and O–H groups in total. The van der Waals surface area contributed by atoms with Crippen molar-refractivity contribution in [3.63, 3.8) is 0 Å². The molecule has 1 saturated carbocycles. The van der Waals surface area contributed by atoms with Gasteiger partial charge in [-0.1, -0.05) is 38.1 Å². The van der Waals surface area contributed by atoms with Crippen molar-refractivity contribution in [3.8, 4) is 11.4 Å². The summed E-state index contributed by atoms with van der Waals surface area (Å²) < 4.78 is 1.82. The number of hydrogen-bond donors (Lipinski definition) is 1. The first-order chi connectivity index (χ1) is 15.9. The van der Waals surface area contributed by atoms with Gasteiger partial charge in [0.1, 0.15) is 6.04 Å². The van der Waals surface area contributed by atoms with Crippen molar-refractivity contribution < 1.29 is 14.4 Å². The summed E-state index contributed by atoms with van der Waals surface area (Å²) in [5, 5.41) is 15.0. The van der Waals surface area contributed by atoms with E-state index in [0.717, 1.165) is 18.4 Å².